The fraction of sp³-hybridized carbons (Fsp3) is 0.875. The quantitative estimate of drug-likeness (QED) is 0.497. The minimum absolute atomic E-state index is 0.156. The number of carbonyl (C=O) groups excluding carboxylic acids is 1. The Hall–Kier alpha value is 0.325. The zero-order valence-corrected chi connectivity index (χ0v) is 14.0. The third-order valence-corrected chi connectivity index (χ3v) is 6.49. The zero-order valence-electron chi connectivity index (χ0n) is 8.54. The van der Waals surface area contributed by atoms with Gasteiger partial charge in [0.15, 0.2) is 0 Å². The molecule has 0 aromatic carbocycles. The summed E-state index contributed by atoms with van der Waals surface area (Å²) in [6, 6.07) is 0. The molecule has 0 aliphatic rings. The first kappa shape index (κ1) is 13.3. The molecule has 0 atom stereocenters. The van der Waals surface area contributed by atoms with Crippen LogP contribution in [-0.2, 0) is 41.9 Å². The average Bonchev–Trinajstić information content (AvgIpc) is 2.04. The second-order valence-corrected chi connectivity index (χ2v) is 7.42. The SMILES string of the molecule is CCOC([CH2][Hg][O]C(C)=O)OCC. The van der Waals surface area contributed by atoms with Crippen LogP contribution in [0.4, 0.5) is 0 Å². The van der Waals surface area contributed by atoms with Gasteiger partial charge in [0, 0.05) is 0 Å². The summed E-state index contributed by atoms with van der Waals surface area (Å²) < 4.78 is 16.4. The van der Waals surface area contributed by atoms with Gasteiger partial charge in [-0.1, -0.05) is 0 Å². The molecule has 0 saturated heterocycles. The summed E-state index contributed by atoms with van der Waals surface area (Å²) in [7, 11) is 0. The number of ether oxygens (including phenoxy) is 2. The predicted molar refractivity (Wildman–Crippen MR) is 43.6 cm³/mol. The van der Waals surface area contributed by atoms with Crippen molar-refractivity contribution in [3.8, 4) is 0 Å². The van der Waals surface area contributed by atoms with E-state index in [9.17, 15) is 4.79 Å². The molecule has 74 valence electrons. The molecule has 0 fully saturated rings. The molecule has 0 N–H and O–H groups in total. The molecule has 0 heterocycles. The van der Waals surface area contributed by atoms with Gasteiger partial charge in [-0.05, 0) is 0 Å². The first-order valence-corrected chi connectivity index (χ1v) is 10.7. The molecule has 0 aliphatic heterocycles. The van der Waals surface area contributed by atoms with E-state index in [0.717, 1.165) is 3.93 Å². The molecule has 13 heavy (non-hydrogen) atoms. The van der Waals surface area contributed by atoms with Crippen LogP contribution >= 0.6 is 0 Å². The van der Waals surface area contributed by atoms with Gasteiger partial charge >= 0.3 is 92.1 Å². The standard InChI is InChI=1S/C6H13O2.C2H4O2.Hg/c1-4-7-6(3)8-5-2;1-2(3)4;/h6H,3-5H2,1-2H3;1H3,(H,3,4);/q;;+1/p-1. The van der Waals surface area contributed by atoms with Gasteiger partial charge in [-0.25, -0.2) is 0 Å². The Morgan fingerprint density at radius 2 is 1.85 bits per heavy atom. The van der Waals surface area contributed by atoms with Crippen LogP contribution in [0.5, 0.6) is 0 Å². The molecule has 0 saturated carbocycles. The van der Waals surface area contributed by atoms with Crippen LogP contribution in [0.25, 0.3) is 0 Å². The Balaban J connectivity index is 3.49. The topological polar surface area (TPSA) is 44.8 Å². The third kappa shape index (κ3) is 8.65. The monoisotopic (exact) mass is 378 g/mol. The van der Waals surface area contributed by atoms with Gasteiger partial charge < -0.3 is 0 Å². The number of carbonyl (C=O) groups is 1. The summed E-state index contributed by atoms with van der Waals surface area (Å²) in [5.41, 5.74) is 0. The summed E-state index contributed by atoms with van der Waals surface area (Å²) in [6.45, 7) is 6.57. The minimum atomic E-state index is -1.53. The molecule has 0 rings (SSSR count). The molecular weight excluding hydrogens is 361 g/mol. The maximum atomic E-state index is 10.5. The Kier molecular flexibility index (Phi) is 9.13. The van der Waals surface area contributed by atoms with Gasteiger partial charge in [0.2, 0.25) is 0 Å². The predicted octanol–water partition coefficient (Wildman–Crippen LogP) is 1.36. The van der Waals surface area contributed by atoms with Gasteiger partial charge in [-0.15, -0.1) is 0 Å². The molecule has 0 amide bonds. The van der Waals surface area contributed by atoms with E-state index in [1.807, 2.05) is 13.8 Å². The van der Waals surface area contributed by atoms with Crippen LogP contribution in [0.1, 0.15) is 20.8 Å². The van der Waals surface area contributed by atoms with E-state index < -0.39 is 25.0 Å². The number of rotatable bonds is 7. The molecule has 5 heteroatoms. The second kappa shape index (κ2) is 8.90. The first-order valence-electron chi connectivity index (χ1n) is 4.57. The van der Waals surface area contributed by atoms with Crippen molar-refractivity contribution >= 4 is 5.97 Å². The maximum absolute atomic E-state index is 10.5. The third-order valence-electron chi connectivity index (χ3n) is 1.36. The molecular formula is C8H16HgO4. The van der Waals surface area contributed by atoms with E-state index in [0.29, 0.717) is 13.2 Å². The van der Waals surface area contributed by atoms with Crippen molar-refractivity contribution in [2.24, 2.45) is 0 Å². The van der Waals surface area contributed by atoms with E-state index >= 15 is 0 Å². The van der Waals surface area contributed by atoms with Crippen molar-refractivity contribution < 1.29 is 41.9 Å². The fourth-order valence-corrected chi connectivity index (χ4v) is 4.51. The summed E-state index contributed by atoms with van der Waals surface area (Å²) in [5.74, 6) is -0.173. The van der Waals surface area contributed by atoms with E-state index in [1.54, 1.807) is 0 Å². The molecule has 0 aromatic heterocycles. The van der Waals surface area contributed by atoms with Crippen LogP contribution in [0, 0.1) is 0 Å². The fourth-order valence-electron chi connectivity index (χ4n) is 0.885. The van der Waals surface area contributed by atoms with Crippen LogP contribution in [0.15, 0.2) is 0 Å². The average molecular weight is 377 g/mol. The Bertz CT molecular complexity index is 134. The number of hydrogen-bond donors (Lipinski definition) is 0. The van der Waals surface area contributed by atoms with Crippen molar-refractivity contribution in [1.82, 2.24) is 0 Å². The molecule has 0 unspecified atom stereocenters. The molecule has 0 aromatic rings. The Labute approximate surface area is 92.0 Å². The van der Waals surface area contributed by atoms with Crippen LogP contribution < -0.4 is 0 Å². The van der Waals surface area contributed by atoms with E-state index in [2.05, 4.69) is 0 Å². The van der Waals surface area contributed by atoms with Crippen molar-refractivity contribution in [2.45, 2.75) is 31.0 Å². The zero-order chi connectivity index (χ0) is 10.1. The van der Waals surface area contributed by atoms with Gasteiger partial charge in [0.1, 0.15) is 0 Å². The van der Waals surface area contributed by atoms with Crippen molar-refractivity contribution in [1.29, 1.82) is 0 Å². The summed E-state index contributed by atoms with van der Waals surface area (Å²) >= 11 is -1.53. The second-order valence-electron chi connectivity index (χ2n) is 2.47. The van der Waals surface area contributed by atoms with Crippen LogP contribution in [0.3, 0.4) is 0 Å². The molecule has 0 radical (unpaired) electrons. The molecule has 0 bridgehead atoms. The Morgan fingerprint density at radius 3 is 2.23 bits per heavy atom. The van der Waals surface area contributed by atoms with E-state index in [1.165, 1.54) is 6.92 Å². The Morgan fingerprint density at radius 1 is 1.31 bits per heavy atom. The van der Waals surface area contributed by atoms with E-state index in [-0.39, 0.29) is 12.3 Å². The van der Waals surface area contributed by atoms with E-state index in [4.69, 9.17) is 12.1 Å². The van der Waals surface area contributed by atoms with Gasteiger partial charge in [0.25, 0.3) is 0 Å². The van der Waals surface area contributed by atoms with Crippen molar-refractivity contribution in [3.05, 3.63) is 0 Å². The van der Waals surface area contributed by atoms with Crippen molar-refractivity contribution in [3.63, 3.8) is 0 Å². The summed E-state index contributed by atoms with van der Waals surface area (Å²) in [4.78, 5) is 10.5. The van der Waals surface area contributed by atoms with Crippen LogP contribution in [-0.4, -0.2) is 25.5 Å². The first-order chi connectivity index (χ1) is 6.20. The molecule has 0 aliphatic carbocycles. The van der Waals surface area contributed by atoms with Crippen LogP contribution in [0.2, 0.25) is 3.93 Å². The number of hydrogen-bond acceptors (Lipinski definition) is 4. The summed E-state index contributed by atoms with van der Waals surface area (Å²) in [5, 5.41) is 0. The van der Waals surface area contributed by atoms with Gasteiger partial charge in [-0.3, -0.25) is 0 Å². The molecule has 4 nitrogen and oxygen atoms in total. The van der Waals surface area contributed by atoms with Gasteiger partial charge in [0.05, 0.1) is 0 Å². The molecule has 0 spiro atoms. The van der Waals surface area contributed by atoms with Gasteiger partial charge in [-0.2, -0.15) is 0 Å². The summed E-state index contributed by atoms with van der Waals surface area (Å²) in [6.07, 6.45) is -0.156. The normalized spacial score (nSPS) is 9.85. The van der Waals surface area contributed by atoms with Crippen molar-refractivity contribution in [2.75, 3.05) is 13.2 Å².